The molecule has 0 heterocycles. The van der Waals surface area contributed by atoms with Gasteiger partial charge >= 0.3 is 0 Å². The second-order valence-electron chi connectivity index (χ2n) is 5.65. The van der Waals surface area contributed by atoms with Crippen molar-refractivity contribution in [2.75, 3.05) is 0 Å². The van der Waals surface area contributed by atoms with Gasteiger partial charge in [0.1, 0.15) is 6.04 Å². The Kier molecular flexibility index (Phi) is 6.24. The van der Waals surface area contributed by atoms with Gasteiger partial charge in [0.25, 0.3) is 11.8 Å². The van der Waals surface area contributed by atoms with Crippen molar-refractivity contribution in [1.82, 2.24) is 10.8 Å². The standard InChI is InChI=1S/C18H21N3O4/c1-11(22)16(18(24)21-25)20-17(23)15-8-6-14(7-9-15)13-4-2-12(10-19)3-5-13/h2-9,11,16,22,25H,10,19H2,1H3,(H,20,23)(H,21,24)/t11-,16+/m1/s1. The Hall–Kier alpha value is -2.74. The number of rotatable bonds is 6. The zero-order valence-electron chi connectivity index (χ0n) is 13.8. The average Bonchev–Trinajstić information content (AvgIpc) is 2.65. The van der Waals surface area contributed by atoms with Crippen LogP contribution in [0.15, 0.2) is 48.5 Å². The van der Waals surface area contributed by atoms with Gasteiger partial charge in [-0.1, -0.05) is 36.4 Å². The first-order chi connectivity index (χ1) is 12.0. The van der Waals surface area contributed by atoms with Gasteiger partial charge in [0.05, 0.1) is 6.10 Å². The Balaban J connectivity index is 2.12. The molecule has 7 nitrogen and oxygen atoms in total. The molecule has 0 radical (unpaired) electrons. The molecule has 0 fully saturated rings. The molecule has 2 amide bonds. The van der Waals surface area contributed by atoms with Crippen molar-refractivity contribution in [1.29, 1.82) is 0 Å². The zero-order valence-corrected chi connectivity index (χ0v) is 13.8. The predicted molar refractivity (Wildman–Crippen MR) is 92.6 cm³/mol. The van der Waals surface area contributed by atoms with E-state index in [2.05, 4.69) is 5.32 Å². The Labute approximate surface area is 145 Å². The van der Waals surface area contributed by atoms with Gasteiger partial charge in [-0.3, -0.25) is 14.8 Å². The Morgan fingerprint density at radius 2 is 1.56 bits per heavy atom. The lowest BCUT2D eigenvalue weighted by Crippen LogP contribution is -2.51. The van der Waals surface area contributed by atoms with Crippen LogP contribution in [0.5, 0.6) is 0 Å². The van der Waals surface area contributed by atoms with E-state index in [9.17, 15) is 14.7 Å². The van der Waals surface area contributed by atoms with E-state index in [1.807, 2.05) is 24.3 Å². The Bertz CT molecular complexity index is 727. The molecule has 0 aliphatic rings. The monoisotopic (exact) mass is 343 g/mol. The number of benzene rings is 2. The summed E-state index contributed by atoms with van der Waals surface area (Å²) in [6.45, 7) is 1.82. The predicted octanol–water partition coefficient (Wildman–Crippen LogP) is 0.797. The lowest BCUT2D eigenvalue weighted by molar-refractivity contribution is -0.133. The van der Waals surface area contributed by atoms with Crippen molar-refractivity contribution in [2.24, 2.45) is 5.73 Å². The number of carbonyl (C=O) groups is 2. The fourth-order valence-electron chi connectivity index (χ4n) is 2.35. The van der Waals surface area contributed by atoms with E-state index in [1.165, 1.54) is 12.4 Å². The van der Waals surface area contributed by atoms with Crippen LogP contribution in [0.2, 0.25) is 0 Å². The summed E-state index contributed by atoms with van der Waals surface area (Å²) in [5.74, 6) is -1.42. The number of nitrogens with two attached hydrogens (primary N) is 1. The molecule has 2 atom stereocenters. The molecule has 6 N–H and O–H groups in total. The van der Waals surface area contributed by atoms with Crippen molar-refractivity contribution >= 4 is 11.8 Å². The van der Waals surface area contributed by atoms with E-state index >= 15 is 0 Å². The van der Waals surface area contributed by atoms with Gasteiger partial charge in [-0.2, -0.15) is 0 Å². The smallest absolute Gasteiger partial charge is 0.268 e. The summed E-state index contributed by atoms with van der Waals surface area (Å²) in [6.07, 6.45) is -1.16. The quantitative estimate of drug-likeness (QED) is 0.392. The van der Waals surface area contributed by atoms with Gasteiger partial charge in [-0.15, -0.1) is 0 Å². The summed E-state index contributed by atoms with van der Waals surface area (Å²) < 4.78 is 0. The molecule has 25 heavy (non-hydrogen) atoms. The molecular weight excluding hydrogens is 322 g/mol. The van der Waals surface area contributed by atoms with Crippen LogP contribution in [0, 0.1) is 0 Å². The lowest BCUT2D eigenvalue weighted by Gasteiger charge is -2.19. The summed E-state index contributed by atoms with van der Waals surface area (Å²) in [6, 6.07) is 13.4. The van der Waals surface area contributed by atoms with Crippen molar-refractivity contribution in [3.63, 3.8) is 0 Å². The highest BCUT2D eigenvalue weighted by Crippen LogP contribution is 2.20. The van der Waals surface area contributed by atoms with E-state index in [1.54, 1.807) is 24.3 Å². The molecule has 0 aromatic heterocycles. The summed E-state index contributed by atoms with van der Waals surface area (Å²) in [7, 11) is 0. The molecule has 0 spiro atoms. The van der Waals surface area contributed by atoms with Gasteiger partial charge < -0.3 is 16.2 Å². The highest BCUT2D eigenvalue weighted by atomic mass is 16.5. The van der Waals surface area contributed by atoms with Crippen LogP contribution in [0.25, 0.3) is 11.1 Å². The first kappa shape index (κ1) is 18.6. The second kappa shape index (κ2) is 8.39. The van der Waals surface area contributed by atoms with Crippen LogP contribution < -0.4 is 16.5 Å². The molecule has 132 valence electrons. The minimum atomic E-state index is -1.25. The van der Waals surface area contributed by atoms with Crippen LogP contribution in [0.3, 0.4) is 0 Å². The third-order valence-electron chi connectivity index (χ3n) is 3.83. The lowest BCUT2D eigenvalue weighted by atomic mass is 10.0. The first-order valence-corrected chi connectivity index (χ1v) is 7.78. The molecule has 0 aliphatic heterocycles. The average molecular weight is 343 g/mol. The first-order valence-electron chi connectivity index (χ1n) is 7.78. The molecule has 0 bridgehead atoms. The van der Waals surface area contributed by atoms with E-state index in [0.717, 1.165) is 16.7 Å². The van der Waals surface area contributed by atoms with Crippen LogP contribution in [-0.4, -0.2) is 34.3 Å². The molecule has 0 aliphatic carbocycles. The third kappa shape index (κ3) is 4.63. The molecule has 2 aromatic rings. The van der Waals surface area contributed by atoms with Crippen molar-refractivity contribution in [2.45, 2.75) is 25.6 Å². The number of amides is 2. The van der Waals surface area contributed by atoms with Crippen molar-refractivity contribution in [3.8, 4) is 11.1 Å². The Morgan fingerprint density at radius 1 is 1.04 bits per heavy atom. The minimum absolute atomic E-state index is 0.332. The topological polar surface area (TPSA) is 125 Å². The number of aliphatic hydroxyl groups excluding tert-OH is 1. The van der Waals surface area contributed by atoms with Gasteiger partial charge in [-0.05, 0) is 35.7 Å². The molecule has 0 unspecified atom stereocenters. The van der Waals surface area contributed by atoms with Gasteiger partial charge in [-0.25, -0.2) is 5.48 Å². The maximum absolute atomic E-state index is 12.2. The maximum Gasteiger partial charge on any atom is 0.268 e. The van der Waals surface area contributed by atoms with Gasteiger partial charge in [0, 0.05) is 12.1 Å². The van der Waals surface area contributed by atoms with Crippen LogP contribution >= 0.6 is 0 Å². The van der Waals surface area contributed by atoms with Crippen LogP contribution in [-0.2, 0) is 11.3 Å². The molecule has 7 heteroatoms. The normalized spacial score (nSPS) is 13.0. The second-order valence-corrected chi connectivity index (χ2v) is 5.65. The maximum atomic E-state index is 12.2. The molecule has 2 rings (SSSR count). The molecule has 0 saturated carbocycles. The number of hydroxylamine groups is 1. The molecule has 0 saturated heterocycles. The highest BCUT2D eigenvalue weighted by Gasteiger charge is 2.25. The summed E-state index contributed by atoms with van der Waals surface area (Å²) in [5, 5.41) is 20.6. The minimum Gasteiger partial charge on any atom is -0.391 e. The van der Waals surface area contributed by atoms with E-state index in [0.29, 0.717) is 12.1 Å². The van der Waals surface area contributed by atoms with Crippen molar-refractivity contribution in [3.05, 3.63) is 59.7 Å². The third-order valence-corrected chi connectivity index (χ3v) is 3.83. The number of hydrogen-bond donors (Lipinski definition) is 5. The zero-order chi connectivity index (χ0) is 18.4. The van der Waals surface area contributed by atoms with E-state index < -0.39 is 24.0 Å². The fourth-order valence-corrected chi connectivity index (χ4v) is 2.35. The number of carbonyl (C=O) groups excluding carboxylic acids is 2. The fraction of sp³-hybridized carbons (Fsp3) is 0.222. The van der Waals surface area contributed by atoms with Crippen LogP contribution in [0.1, 0.15) is 22.8 Å². The van der Waals surface area contributed by atoms with Crippen molar-refractivity contribution < 1.29 is 19.9 Å². The number of nitrogens with one attached hydrogen (secondary N) is 2. The molecular formula is C18H21N3O4. The highest BCUT2D eigenvalue weighted by molar-refractivity contribution is 5.97. The van der Waals surface area contributed by atoms with Gasteiger partial charge in [0.2, 0.25) is 0 Å². The van der Waals surface area contributed by atoms with Gasteiger partial charge in [0.15, 0.2) is 0 Å². The van der Waals surface area contributed by atoms with E-state index in [4.69, 9.17) is 10.9 Å². The summed E-state index contributed by atoms with van der Waals surface area (Å²) >= 11 is 0. The largest absolute Gasteiger partial charge is 0.391 e. The summed E-state index contributed by atoms with van der Waals surface area (Å²) in [4.78, 5) is 23.7. The molecule has 2 aromatic carbocycles. The van der Waals surface area contributed by atoms with E-state index in [-0.39, 0.29) is 0 Å². The Morgan fingerprint density at radius 3 is 2.00 bits per heavy atom. The number of aliphatic hydroxyl groups is 1. The summed E-state index contributed by atoms with van der Waals surface area (Å²) in [5.41, 5.74) is 10.3. The van der Waals surface area contributed by atoms with Crippen LogP contribution in [0.4, 0.5) is 0 Å². The number of hydrogen-bond acceptors (Lipinski definition) is 5. The SMILES string of the molecule is C[C@@H](O)[C@H](NC(=O)c1ccc(-c2ccc(CN)cc2)cc1)C(=O)NO.